The lowest BCUT2D eigenvalue weighted by Gasteiger charge is -2.45. The number of carbonyl (C=O) groups excluding carboxylic acids is 2. The van der Waals surface area contributed by atoms with Crippen LogP contribution in [0.1, 0.15) is 30.0 Å². The van der Waals surface area contributed by atoms with Crippen molar-refractivity contribution in [3.63, 3.8) is 0 Å². The molecule has 1 saturated heterocycles. The van der Waals surface area contributed by atoms with Crippen LogP contribution in [-0.4, -0.2) is 28.9 Å². The predicted molar refractivity (Wildman–Crippen MR) is 116 cm³/mol. The van der Waals surface area contributed by atoms with Gasteiger partial charge >= 0.3 is 6.03 Å². The molecule has 4 rings (SSSR count). The summed E-state index contributed by atoms with van der Waals surface area (Å²) < 4.78 is 29.9. The van der Waals surface area contributed by atoms with Crippen LogP contribution >= 0.6 is 0 Å². The number of rotatable bonds is 2. The van der Waals surface area contributed by atoms with Crippen LogP contribution in [0.3, 0.4) is 0 Å². The molecule has 0 radical (unpaired) electrons. The summed E-state index contributed by atoms with van der Waals surface area (Å²) in [7, 11) is 1.50. The first-order chi connectivity index (χ1) is 15.3. The Hall–Kier alpha value is -4.05. The highest BCUT2D eigenvalue weighted by Crippen LogP contribution is 2.38. The molecule has 1 aliphatic heterocycles. The minimum atomic E-state index is -1.04. The average Bonchev–Trinajstić information content (AvgIpc) is 2.79. The number of hydrogen-bond donors (Lipinski definition) is 0. The molecule has 2 heterocycles. The van der Waals surface area contributed by atoms with Gasteiger partial charge in [-0.1, -0.05) is 30.0 Å². The maximum Gasteiger partial charge on any atom is 0.332 e. The van der Waals surface area contributed by atoms with Gasteiger partial charge in [0, 0.05) is 30.6 Å². The highest BCUT2D eigenvalue weighted by molar-refractivity contribution is 6.16. The highest BCUT2D eigenvalue weighted by atomic mass is 19.1. The Morgan fingerprint density at radius 1 is 0.938 bits per heavy atom. The van der Waals surface area contributed by atoms with E-state index in [1.807, 2.05) is 6.07 Å². The number of urea groups is 1. The molecule has 160 valence electrons. The van der Waals surface area contributed by atoms with Crippen LogP contribution in [0.2, 0.25) is 0 Å². The van der Waals surface area contributed by atoms with Gasteiger partial charge in [0.05, 0.1) is 12.0 Å². The number of anilines is 1. The molecule has 0 aliphatic carbocycles. The Bertz CT molecular complexity index is 1230. The molecular formula is C25H19F2N3O2. The van der Waals surface area contributed by atoms with Crippen molar-refractivity contribution in [1.82, 2.24) is 9.88 Å². The van der Waals surface area contributed by atoms with Crippen LogP contribution in [-0.2, 0) is 10.3 Å². The fourth-order valence-electron chi connectivity index (χ4n) is 3.70. The minimum absolute atomic E-state index is 0.0967. The molecule has 3 aromatic rings. The van der Waals surface area contributed by atoms with Crippen LogP contribution in [0, 0.1) is 23.5 Å². The zero-order chi connectivity index (χ0) is 22.9. The van der Waals surface area contributed by atoms with E-state index in [2.05, 4.69) is 16.8 Å². The summed E-state index contributed by atoms with van der Waals surface area (Å²) in [6, 6.07) is 13.6. The van der Waals surface area contributed by atoms with Gasteiger partial charge in [0.1, 0.15) is 5.69 Å². The lowest BCUT2D eigenvalue weighted by atomic mass is 9.85. The molecule has 0 N–H and O–H groups in total. The van der Waals surface area contributed by atoms with Gasteiger partial charge < -0.3 is 4.90 Å². The van der Waals surface area contributed by atoms with E-state index < -0.39 is 34.8 Å². The van der Waals surface area contributed by atoms with Crippen molar-refractivity contribution in [2.24, 2.45) is 0 Å². The zero-order valence-electron chi connectivity index (χ0n) is 17.5. The molecular weight excluding hydrogens is 412 g/mol. The van der Waals surface area contributed by atoms with Crippen LogP contribution in [0.25, 0.3) is 0 Å². The summed E-state index contributed by atoms with van der Waals surface area (Å²) >= 11 is 0. The quantitative estimate of drug-likeness (QED) is 0.563. The number of imide groups is 1. The number of carbonyl (C=O) groups is 2. The maximum atomic E-state index is 14.9. The second-order valence-corrected chi connectivity index (χ2v) is 7.66. The monoisotopic (exact) mass is 431 g/mol. The molecule has 1 aliphatic rings. The maximum absolute atomic E-state index is 14.9. The van der Waals surface area contributed by atoms with Gasteiger partial charge in [0.2, 0.25) is 5.91 Å². The Labute approximate surface area is 184 Å². The van der Waals surface area contributed by atoms with Gasteiger partial charge in [-0.25, -0.2) is 18.5 Å². The van der Waals surface area contributed by atoms with Crippen LogP contribution in [0.15, 0.2) is 67.0 Å². The SMILES string of the molecule is CN1C(=O)N(c2c(F)cc(C#Cc3ccccc3)cc2F)C(=O)C[C@@]1(C)c1ccncc1. The molecule has 0 unspecified atom stereocenters. The molecule has 0 spiro atoms. The molecule has 7 heteroatoms. The Morgan fingerprint density at radius 2 is 1.53 bits per heavy atom. The zero-order valence-corrected chi connectivity index (χ0v) is 17.5. The van der Waals surface area contributed by atoms with E-state index in [0.717, 1.165) is 12.1 Å². The van der Waals surface area contributed by atoms with E-state index in [1.165, 1.54) is 11.9 Å². The van der Waals surface area contributed by atoms with E-state index in [1.54, 1.807) is 55.7 Å². The molecule has 2 aromatic carbocycles. The Morgan fingerprint density at radius 3 is 2.16 bits per heavy atom. The van der Waals surface area contributed by atoms with E-state index in [9.17, 15) is 18.4 Å². The Balaban J connectivity index is 1.68. The number of benzene rings is 2. The Kier molecular flexibility index (Phi) is 5.45. The number of pyridine rings is 1. The van der Waals surface area contributed by atoms with Gasteiger partial charge in [0.25, 0.3) is 0 Å². The summed E-state index contributed by atoms with van der Waals surface area (Å²) in [4.78, 5) is 31.8. The first-order valence-corrected chi connectivity index (χ1v) is 9.88. The van der Waals surface area contributed by atoms with E-state index >= 15 is 0 Å². The van der Waals surface area contributed by atoms with Gasteiger partial charge in [0.15, 0.2) is 11.6 Å². The van der Waals surface area contributed by atoms with Gasteiger partial charge in [-0.05, 0) is 48.9 Å². The first-order valence-electron chi connectivity index (χ1n) is 9.88. The second kappa shape index (κ2) is 8.23. The normalized spacial score (nSPS) is 18.4. The third-order valence-corrected chi connectivity index (χ3v) is 5.63. The summed E-state index contributed by atoms with van der Waals surface area (Å²) in [5.74, 6) is 2.75. The summed E-state index contributed by atoms with van der Waals surface area (Å²) in [6.07, 6.45) is 2.97. The van der Waals surface area contributed by atoms with Crippen molar-refractivity contribution in [2.75, 3.05) is 11.9 Å². The number of halogens is 2. The van der Waals surface area contributed by atoms with Gasteiger partial charge in [-0.15, -0.1) is 0 Å². The number of nitrogens with zero attached hydrogens (tertiary/aromatic N) is 3. The lowest BCUT2D eigenvalue weighted by molar-refractivity contribution is -0.122. The molecule has 1 atom stereocenters. The van der Waals surface area contributed by atoms with Crippen LogP contribution in [0.4, 0.5) is 19.3 Å². The number of hydrogen-bond acceptors (Lipinski definition) is 3. The van der Waals surface area contributed by atoms with E-state index in [0.29, 0.717) is 16.0 Å². The largest absolute Gasteiger partial charge is 0.332 e. The molecule has 3 amide bonds. The minimum Gasteiger partial charge on any atom is -0.317 e. The number of amides is 3. The highest BCUT2D eigenvalue weighted by Gasteiger charge is 2.47. The average molecular weight is 431 g/mol. The standard InChI is InChI=1S/C25H19F2N3O2/c1-25(19-10-12-28-13-11-19)16-22(31)30(24(32)29(25)2)23-20(26)14-18(15-21(23)27)9-8-17-6-4-3-5-7-17/h3-7,10-15H,16H2,1-2H3/t25-/m0/s1. The van der Waals surface area contributed by atoms with Crippen molar-refractivity contribution in [2.45, 2.75) is 18.9 Å². The van der Waals surface area contributed by atoms with Crippen molar-refractivity contribution in [1.29, 1.82) is 0 Å². The topological polar surface area (TPSA) is 53.5 Å². The molecule has 5 nitrogen and oxygen atoms in total. The summed E-state index contributed by atoms with van der Waals surface area (Å²) in [5.41, 5.74) is -0.185. The van der Waals surface area contributed by atoms with Crippen molar-refractivity contribution in [3.8, 4) is 11.8 Å². The first kappa shape index (κ1) is 21.2. The smallest absolute Gasteiger partial charge is 0.317 e. The lowest BCUT2D eigenvalue weighted by Crippen LogP contribution is -2.60. The van der Waals surface area contributed by atoms with Crippen molar-refractivity contribution < 1.29 is 18.4 Å². The summed E-state index contributed by atoms with van der Waals surface area (Å²) in [6.45, 7) is 1.73. The third kappa shape index (κ3) is 3.71. The molecule has 1 fully saturated rings. The van der Waals surface area contributed by atoms with E-state index in [4.69, 9.17) is 0 Å². The van der Waals surface area contributed by atoms with Crippen molar-refractivity contribution in [3.05, 3.63) is 95.3 Å². The van der Waals surface area contributed by atoms with Crippen LogP contribution < -0.4 is 4.90 Å². The fourth-order valence-corrected chi connectivity index (χ4v) is 3.70. The molecule has 0 bridgehead atoms. The molecule has 0 saturated carbocycles. The van der Waals surface area contributed by atoms with Crippen molar-refractivity contribution >= 4 is 17.6 Å². The van der Waals surface area contributed by atoms with Crippen LogP contribution in [0.5, 0.6) is 0 Å². The fraction of sp³-hybridized carbons (Fsp3) is 0.160. The van der Waals surface area contributed by atoms with Gasteiger partial charge in [-0.3, -0.25) is 9.78 Å². The van der Waals surface area contributed by atoms with Gasteiger partial charge in [-0.2, -0.15) is 0 Å². The van der Waals surface area contributed by atoms with E-state index in [-0.39, 0.29) is 12.0 Å². The second-order valence-electron chi connectivity index (χ2n) is 7.66. The molecule has 32 heavy (non-hydrogen) atoms. The third-order valence-electron chi connectivity index (χ3n) is 5.63. The molecule has 1 aromatic heterocycles. The summed E-state index contributed by atoms with van der Waals surface area (Å²) in [5, 5.41) is 0. The predicted octanol–water partition coefficient (Wildman–Crippen LogP) is 4.46. The number of aromatic nitrogens is 1.